The van der Waals surface area contributed by atoms with Gasteiger partial charge in [-0.1, -0.05) is 42.5 Å². The number of para-hydroxylation sites is 2. The van der Waals surface area contributed by atoms with Crippen molar-refractivity contribution in [1.82, 2.24) is 15.0 Å². The maximum absolute atomic E-state index is 12.9. The van der Waals surface area contributed by atoms with Crippen molar-refractivity contribution in [3.63, 3.8) is 0 Å². The first-order valence-corrected chi connectivity index (χ1v) is 8.15. The number of H-pyrrole nitrogens is 1. The third-order valence-electron chi connectivity index (χ3n) is 4.20. The molecular formula is C21H14N4O. The number of carbonyl (C=O) groups excluding carboxylic acids is 1. The summed E-state index contributed by atoms with van der Waals surface area (Å²) >= 11 is 0. The molecule has 0 amide bonds. The molecule has 2 heterocycles. The number of fused-ring (bicyclic) bond motifs is 1. The van der Waals surface area contributed by atoms with Crippen LogP contribution in [0.15, 0.2) is 73.1 Å². The molecule has 0 aliphatic carbocycles. The lowest BCUT2D eigenvalue weighted by atomic mass is 9.97. The quantitative estimate of drug-likeness (QED) is 0.568. The van der Waals surface area contributed by atoms with E-state index >= 15 is 0 Å². The molecule has 4 aromatic rings. The molecule has 0 unspecified atom stereocenters. The molecule has 1 atom stereocenters. The van der Waals surface area contributed by atoms with Crippen LogP contribution in [0.25, 0.3) is 22.2 Å². The maximum Gasteiger partial charge on any atom is 0.189 e. The molecule has 1 N–H and O–H groups in total. The Kier molecular flexibility index (Phi) is 4.00. The zero-order valence-electron chi connectivity index (χ0n) is 13.8. The average molecular weight is 338 g/mol. The Morgan fingerprint density at radius 3 is 2.54 bits per heavy atom. The summed E-state index contributed by atoms with van der Waals surface area (Å²) in [5.41, 5.74) is 3.71. The molecule has 0 bridgehead atoms. The van der Waals surface area contributed by atoms with Gasteiger partial charge in [-0.05, 0) is 23.8 Å². The molecule has 4 rings (SSSR count). The molecule has 0 saturated heterocycles. The van der Waals surface area contributed by atoms with E-state index in [-0.39, 0.29) is 5.78 Å². The summed E-state index contributed by atoms with van der Waals surface area (Å²) in [6.07, 6.45) is 3.19. The summed E-state index contributed by atoms with van der Waals surface area (Å²) in [5, 5.41) is 9.57. The normalized spacial score (nSPS) is 11.8. The second-order valence-electron chi connectivity index (χ2n) is 5.89. The van der Waals surface area contributed by atoms with Crippen molar-refractivity contribution in [2.75, 3.05) is 0 Å². The highest BCUT2D eigenvalue weighted by Gasteiger charge is 2.25. The summed E-state index contributed by atoms with van der Waals surface area (Å²) in [6, 6.07) is 21.0. The largest absolute Gasteiger partial charge is 0.340 e. The van der Waals surface area contributed by atoms with Gasteiger partial charge in [-0.15, -0.1) is 0 Å². The van der Waals surface area contributed by atoms with Gasteiger partial charge in [0.15, 0.2) is 11.7 Å². The van der Waals surface area contributed by atoms with Gasteiger partial charge in [-0.2, -0.15) is 5.26 Å². The van der Waals surface area contributed by atoms with Gasteiger partial charge in [0.1, 0.15) is 5.82 Å². The van der Waals surface area contributed by atoms with E-state index in [1.54, 1.807) is 12.3 Å². The Morgan fingerprint density at radius 1 is 1.00 bits per heavy atom. The smallest absolute Gasteiger partial charge is 0.189 e. The monoisotopic (exact) mass is 338 g/mol. The lowest BCUT2D eigenvalue weighted by molar-refractivity contribution is 0.0976. The number of nitriles is 1. The molecule has 0 fully saturated rings. The predicted octanol–water partition coefficient (Wildman–Crippen LogP) is 4.11. The number of nitrogens with zero attached hydrogens (tertiary/aromatic N) is 3. The molecular weight excluding hydrogens is 324 g/mol. The second kappa shape index (κ2) is 6.61. The molecule has 0 aliphatic heterocycles. The number of rotatable bonds is 4. The standard InChI is InChI=1S/C21H14N4O/c22-11-17(21-24-18-8-4-5-9-19(18)25-21)20(26)16-10-15(12-23-13-16)14-6-2-1-3-7-14/h1-10,12-13,17H,(H,24,25)/t17-/m0/s1. The van der Waals surface area contributed by atoms with Crippen molar-refractivity contribution in [2.24, 2.45) is 0 Å². The summed E-state index contributed by atoms with van der Waals surface area (Å²) in [4.78, 5) is 24.5. The van der Waals surface area contributed by atoms with E-state index in [0.29, 0.717) is 11.4 Å². The van der Waals surface area contributed by atoms with Gasteiger partial charge in [0.25, 0.3) is 0 Å². The summed E-state index contributed by atoms with van der Waals surface area (Å²) in [6.45, 7) is 0. The van der Waals surface area contributed by atoms with E-state index in [9.17, 15) is 10.1 Å². The molecule has 0 spiro atoms. The second-order valence-corrected chi connectivity index (χ2v) is 5.89. The van der Waals surface area contributed by atoms with Crippen LogP contribution in [-0.2, 0) is 0 Å². The number of Topliss-reactive ketones (excluding diaryl/α,β-unsaturated/α-hetero) is 1. The topological polar surface area (TPSA) is 82.4 Å². The van der Waals surface area contributed by atoms with E-state index in [1.807, 2.05) is 54.6 Å². The third kappa shape index (κ3) is 2.85. The number of benzene rings is 2. The summed E-state index contributed by atoms with van der Waals surface area (Å²) in [5.74, 6) is -0.976. The zero-order chi connectivity index (χ0) is 17.9. The van der Waals surface area contributed by atoms with Crippen molar-refractivity contribution in [3.05, 3.63) is 84.4 Å². The minimum Gasteiger partial charge on any atom is -0.340 e. The van der Waals surface area contributed by atoms with Gasteiger partial charge in [0, 0.05) is 23.5 Å². The molecule has 2 aromatic heterocycles. The minimum absolute atomic E-state index is 0.322. The van der Waals surface area contributed by atoms with Crippen molar-refractivity contribution in [2.45, 2.75) is 5.92 Å². The van der Waals surface area contributed by atoms with Crippen LogP contribution in [0, 0.1) is 11.3 Å². The summed E-state index contributed by atoms with van der Waals surface area (Å²) in [7, 11) is 0. The third-order valence-corrected chi connectivity index (χ3v) is 4.20. The first-order chi connectivity index (χ1) is 12.8. The van der Waals surface area contributed by atoms with Crippen LogP contribution in [0.2, 0.25) is 0 Å². The lowest BCUT2D eigenvalue weighted by Gasteiger charge is -2.07. The first-order valence-electron chi connectivity index (χ1n) is 8.15. The van der Waals surface area contributed by atoms with Gasteiger partial charge in [0.2, 0.25) is 0 Å². The molecule has 2 aromatic carbocycles. The number of pyridine rings is 1. The van der Waals surface area contributed by atoms with Crippen molar-refractivity contribution >= 4 is 16.8 Å². The number of aromatic amines is 1. The van der Waals surface area contributed by atoms with Gasteiger partial charge < -0.3 is 4.98 Å². The molecule has 0 saturated carbocycles. The van der Waals surface area contributed by atoms with Crippen LogP contribution < -0.4 is 0 Å². The van der Waals surface area contributed by atoms with Gasteiger partial charge in [-0.25, -0.2) is 4.98 Å². The van der Waals surface area contributed by atoms with Crippen LogP contribution >= 0.6 is 0 Å². The average Bonchev–Trinajstić information content (AvgIpc) is 3.13. The van der Waals surface area contributed by atoms with E-state index in [2.05, 4.69) is 21.0 Å². The molecule has 0 radical (unpaired) electrons. The maximum atomic E-state index is 12.9. The molecule has 5 heteroatoms. The SMILES string of the molecule is N#C[C@@H](C(=O)c1cncc(-c2ccccc2)c1)c1nc2ccccc2[nH]1. The zero-order valence-corrected chi connectivity index (χ0v) is 13.8. The number of nitrogens with one attached hydrogen (secondary N) is 1. The highest BCUT2D eigenvalue weighted by Crippen LogP contribution is 2.24. The Bertz CT molecular complexity index is 1090. The number of imidazole rings is 1. The first kappa shape index (κ1) is 15.7. The van der Waals surface area contributed by atoms with Gasteiger partial charge in [0.05, 0.1) is 17.1 Å². The Hall–Kier alpha value is -3.78. The van der Waals surface area contributed by atoms with E-state index < -0.39 is 5.92 Å². The van der Waals surface area contributed by atoms with Crippen molar-refractivity contribution in [1.29, 1.82) is 5.26 Å². The number of ketones is 1. The van der Waals surface area contributed by atoms with Crippen molar-refractivity contribution < 1.29 is 4.79 Å². The van der Waals surface area contributed by atoms with Crippen LogP contribution in [0.5, 0.6) is 0 Å². The number of carbonyl (C=O) groups is 1. The van der Waals surface area contributed by atoms with Crippen molar-refractivity contribution in [3.8, 4) is 17.2 Å². The Labute approximate surface area is 150 Å². The summed E-state index contributed by atoms with van der Waals surface area (Å²) < 4.78 is 0. The van der Waals surface area contributed by atoms with Gasteiger partial charge >= 0.3 is 0 Å². The van der Waals surface area contributed by atoms with Crippen LogP contribution in [0.3, 0.4) is 0 Å². The van der Waals surface area contributed by atoms with Crippen LogP contribution in [0.1, 0.15) is 22.1 Å². The molecule has 124 valence electrons. The van der Waals surface area contributed by atoms with E-state index in [0.717, 1.165) is 22.2 Å². The number of hydrogen-bond donors (Lipinski definition) is 1. The fraction of sp³-hybridized carbons (Fsp3) is 0.0476. The van der Waals surface area contributed by atoms with Gasteiger partial charge in [-0.3, -0.25) is 9.78 Å². The fourth-order valence-electron chi connectivity index (χ4n) is 2.88. The molecule has 5 nitrogen and oxygen atoms in total. The predicted molar refractivity (Wildman–Crippen MR) is 98.5 cm³/mol. The fourth-order valence-corrected chi connectivity index (χ4v) is 2.88. The Balaban J connectivity index is 1.71. The van der Waals surface area contributed by atoms with Crippen LogP contribution in [0.4, 0.5) is 0 Å². The van der Waals surface area contributed by atoms with E-state index in [1.165, 1.54) is 6.20 Å². The number of aromatic nitrogens is 3. The van der Waals surface area contributed by atoms with E-state index in [4.69, 9.17) is 0 Å². The molecule has 0 aliphatic rings. The van der Waals surface area contributed by atoms with Crippen LogP contribution in [-0.4, -0.2) is 20.7 Å². The minimum atomic E-state index is -1.00. The lowest BCUT2D eigenvalue weighted by Crippen LogP contribution is -2.13. The highest BCUT2D eigenvalue weighted by atomic mass is 16.1. The molecule has 26 heavy (non-hydrogen) atoms. The highest BCUT2D eigenvalue weighted by molar-refractivity contribution is 6.03. The number of hydrogen-bond acceptors (Lipinski definition) is 4. The Morgan fingerprint density at radius 2 is 1.77 bits per heavy atom.